The Balaban J connectivity index is 1.59. The summed E-state index contributed by atoms with van der Waals surface area (Å²) in [4.78, 5) is 0. The first kappa shape index (κ1) is 10.0. The summed E-state index contributed by atoms with van der Waals surface area (Å²) < 4.78 is 6.44. The second kappa shape index (κ2) is 3.39. The highest BCUT2D eigenvalue weighted by molar-refractivity contribution is 5.40. The molecule has 0 unspecified atom stereocenters. The maximum absolute atomic E-state index is 6.44. The van der Waals surface area contributed by atoms with Gasteiger partial charge < -0.3 is 4.74 Å². The Labute approximate surface area is 109 Å². The Hall–Kier alpha value is -0.820. The van der Waals surface area contributed by atoms with Crippen LogP contribution in [0.2, 0.25) is 0 Å². The van der Waals surface area contributed by atoms with Crippen LogP contribution in [-0.2, 0) is 11.2 Å². The third-order valence-corrected chi connectivity index (χ3v) is 6.14. The second-order valence-corrected chi connectivity index (χ2v) is 6.77. The molecule has 2 heterocycles. The molecule has 2 bridgehead atoms. The molecule has 2 saturated heterocycles. The molecule has 5 rings (SSSR count). The molecule has 0 radical (unpaired) electrons. The Morgan fingerprint density at radius 3 is 2.56 bits per heavy atom. The van der Waals surface area contributed by atoms with Crippen LogP contribution in [0.25, 0.3) is 0 Å². The zero-order valence-electron chi connectivity index (χ0n) is 10.7. The van der Waals surface area contributed by atoms with E-state index in [4.69, 9.17) is 4.74 Å². The molecule has 1 aromatic rings. The summed E-state index contributed by atoms with van der Waals surface area (Å²) in [6.45, 7) is 0. The molecule has 6 atom stereocenters. The molecule has 1 saturated carbocycles. The lowest BCUT2D eigenvalue weighted by molar-refractivity contribution is 0.0719. The SMILES string of the molecule is c1ccc2c(c1)C[C@H]1[C@H]3O[C@H]([C@H]4CCCC[C@H]43)[C@H]21. The van der Waals surface area contributed by atoms with E-state index in [2.05, 4.69) is 24.3 Å². The molecule has 0 spiro atoms. The van der Waals surface area contributed by atoms with Crippen molar-refractivity contribution in [3.63, 3.8) is 0 Å². The number of ether oxygens (including phenoxy) is 1. The fraction of sp³-hybridized carbons (Fsp3) is 0.647. The van der Waals surface area contributed by atoms with Crippen LogP contribution in [0.3, 0.4) is 0 Å². The monoisotopic (exact) mass is 240 g/mol. The Morgan fingerprint density at radius 2 is 1.67 bits per heavy atom. The summed E-state index contributed by atoms with van der Waals surface area (Å²) in [7, 11) is 0. The largest absolute Gasteiger partial charge is 0.373 e. The Kier molecular flexibility index (Phi) is 1.89. The summed E-state index contributed by atoms with van der Waals surface area (Å²) in [6, 6.07) is 9.12. The minimum absolute atomic E-state index is 0.564. The number of hydrogen-bond acceptors (Lipinski definition) is 1. The predicted octanol–water partition coefficient (Wildman–Crippen LogP) is 3.53. The normalized spacial score (nSPS) is 47.8. The quantitative estimate of drug-likeness (QED) is 0.674. The summed E-state index contributed by atoms with van der Waals surface area (Å²) in [6.07, 6.45) is 8.19. The third kappa shape index (κ3) is 1.08. The average Bonchev–Trinajstić information content (AvgIpc) is 3.07. The zero-order valence-corrected chi connectivity index (χ0v) is 10.7. The van der Waals surface area contributed by atoms with Gasteiger partial charge in [-0.2, -0.15) is 0 Å². The first-order valence-electron chi connectivity index (χ1n) is 7.67. The van der Waals surface area contributed by atoms with Crippen LogP contribution in [-0.4, -0.2) is 12.2 Å². The van der Waals surface area contributed by atoms with E-state index in [1.807, 2.05) is 0 Å². The van der Waals surface area contributed by atoms with E-state index in [0.29, 0.717) is 12.2 Å². The number of hydrogen-bond donors (Lipinski definition) is 0. The molecule has 0 aromatic heterocycles. The van der Waals surface area contributed by atoms with Gasteiger partial charge in [-0.15, -0.1) is 0 Å². The highest BCUT2D eigenvalue weighted by atomic mass is 16.5. The number of fused-ring (bicyclic) bond motifs is 10. The topological polar surface area (TPSA) is 9.23 Å². The van der Waals surface area contributed by atoms with E-state index in [9.17, 15) is 0 Å². The van der Waals surface area contributed by atoms with Gasteiger partial charge in [0.2, 0.25) is 0 Å². The van der Waals surface area contributed by atoms with Crippen LogP contribution >= 0.6 is 0 Å². The van der Waals surface area contributed by atoms with Gasteiger partial charge in [-0.05, 0) is 48.1 Å². The first-order chi connectivity index (χ1) is 8.93. The minimum Gasteiger partial charge on any atom is -0.373 e. The van der Waals surface area contributed by atoms with Gasteiger partial charge in [0, 0.05) is 5.92 Å². The predicted molar refractivity (Wildman–Crippen MR) is 70.5 cm³/mol. The lowest BCUT2D eigenvalue weighted by Crippen LogP contribution is -2.38. The van der Waals surface area contributed by atoms with E-state index in [-0.39, 0.29) is 0 Å². The van der Waals surface area contributed by atoms with Crippen molar-refractivity contribution in [2.24, 2.45) is 17.8 Å². The van der Waals surface area contributed by atoms with Gasteiger partial charge in [0.05, 0.1) is 12.2 Å². The van der Waals surface area contributed by atoms with Crippen molar-refractivity contribution >= 4 is 0 Å². The van der Waals surface area contributed by atoms with Gasteiger partial charge in [0.25, 0.3) is 0 Å². The maximum atomic E-state index is 6.44. The average molecular weight is 240 g/mol. The van der Waals surface area contributed by atoms with Crippen LogP contribution in [0.1, 0.15) is 42.7 Å². The molecule has 0 N–H and O–H groups in total. The van der Waals surface area contributed by atoms with Crippen LogP contribution in [0, 0.1) is 17.8 Å². The molecule has 94 valence electrons. The van der Waals surface area contributed by atoms with Crippen molar-refractivity contribution in [1.82, 2.24) is 0 Å². The standard InChI is InChI=1S/C17H20O/c1-2-6-11-10(5-1)9-14-15(11)17-13-8-4-3-7-12(13)16(14)18-17/h1-2,5-6,12-17H,3-4,7-9H2/t12-,13+,14-,15-,16+,17-/m1/s1. The number of benzene rings is 1. The molecule has 2 aliphatic carbocycles. The summed E-state index contributed by atoms with van der Waals surface area (Å²) >= 11 is 0. The van der Waals surface area contributed by atoms with E-state index < -0.39 is 0 Å². The van der Waals surface area contributed by atoms with Crippen molar-refractivity contribution < 1.29 is 4.74 Å². The summed E-state index contributed by atoms with van der Waals surface area (Å²) in [5, 5.41) is 0. The van der Waals surface area contributed by atoms with Crippen LogP contribution in [0.5, 0.6) is 0 Å². The van der Waals surface area contributed by atoms with Crippen molar-refractivity contribution in [3.8, 4) is 0 Å². The van der Waals surface area contributed by atoms with Crippen molar-refractivity contribution in [1.29, 1.82) is 0 Å². The van der Waals surface area contributed by atoms with E-state index in [1.165, 1.54) is 32.1 Å². The maximum Gasteiger partial charge on any atom is 0.0683 e. The smallest absolute Gasteiger partial charge is 0.0683 e. The lowest BCUT2D eigenvalue weighted by Gasteiger charge is -2.38. The summed E-state index contributed by atoms with van der Waals surface area (Å²) in [5.41, 5.74) is 3.24. The minimum atomic E-state index is 0.564. The Bertz CT molecular complexity index is 494. The van der Waals surface area contributed by atoms with Gasteiger partial charge >= 0.3 is 0 Å². The van der Waals surface area contributed by atoms with Gasteiger partial charge in [0.15, 0.2) is 0 Å². The fourth-order valence-corrected chi connectivity index (χ4v) is 5.55. The second-order valence-electron chi connectivity index (χ2n) is 6.77. The highest BCUT2D eigenvalue weighted by Crippen LogP contribution is 2.61. The summed E-state index contributed by atoms with van der Waals surface area (Å²) in [5.74, 6) is 3.34. The lowest BCUT2D eigenvalue weighted by atomic mass is 9.63. The van der Waals surface area contributed by atoms with Gasteiger partial charge in [-0.3, -0.25) is 0 Å². The van der Waals surface area contributed by atoms with E-state index in [0.717, 1.165) is 23.7 Å². The first-order valence-corrected chi connectivity index (χ1v) is 7.67. The van der Waals surface area contributed by atoms with Crippen molar-refractivity contribution in [2.75, 3.05) is 0 Å². The fourth-order valence-electron chi connectivity index (χ4n) is 5.55. The molecule has 4 aliphatic rings. The molecular weight excluding hydrogens is 220 g/mol. The Morgan fingerprint density at radius 1 is 0.889 bits per heavy atom. The van der Waals surface area contributed by atoms with Gasteiger partial charge in [-0.1, -0.05) is 37.1 Å². The molecule has 1 nitrogen and oxygen atoms in total. The van der Waals surface area contributed by atoms with Crippen LogP contribution in [0.4, 0.5) is 0 Å². The van der Waals surface area contributed by atoms with Gasteiger partial charge in [0.1, 0.15) is 0 Å². The molecular formula is C17H20O. The molecule has 2 aliphatic heterocycles. The van der Waals surface area contributed by atoms with E-state index in [1.54, 1.807) is 11.1 Å². The molecule has 1 heteroatoms. The third-order valence-electron chi connectivity index (χ3n) is 6.14. The van der Waals surface area contributed by atoms with Crippen molar-refractivity contribution in [2.45, 2.75) is 50.2 Å². The molecule has 3 fully saturated rings. The van der Waals surface area contributed by atoms with Crippen LogP contribution < -0.4 is 0 Å². The molecule has 0 amide bonds. The van der Waals surface area contributed by atoms with E-state index >= 15 is 0 Å². The van der Waals surface area contributed by atoms with Gasteiger partial charge in [-0.25, -0.2) is 0 Å². The highest BCUT2D eigenvalue weighted by Gasteiger charge is 2.61. The zero-order chi connectivity index (χ0) is 11.7. The molecule has 1 aromatic carbocycles. The van der Waals surface area contributed by atoms with Crippen molar-refractivity contribution in [3.05, 3.63) is 35.4 Å². The van der Waals surface area contributed by atoms with Crippen LogP contribution in [0.15, 0.2) is 24.3 Å². The number of rotatable bonds is 0. The molecule has 18 heavy (non-hydrogen) atoms.